The van der Waals surface area contributed by atoms with Crippen molar-refractivity contribution in [2.24, 2.45) is 0 Å². The Labute approximate surface area is 93.9 Å². The van der Waals surface area contributed by atoms with Gasteiger partial charge >= 0.3 is 5.97 Å². The van der Waals surface area contributed by atoms with Crippen LogP contribution in [0.15, 0.2) is 18.3 Å². The van der Waals surface area contributed by atoms with Gasteiger partial charge in [0.05, 0.1) is 6.61 Å². The molecule has 2 aromatic heterocycles. The number of hydrogen-bond donors (Lipinski definition) is 0. The molecule has 0 aliphatic heterocycles. The molecule has 2 rings (SSSR count). The number of nitrogens with zero attached hydrogens (tertiary/aromatic N) is 2. The molecule has 0 saturated heterocycles. The molecule has 0 fully saturated rings. The van der Waals surface area contributed by atoms with E-state index < -0.39 is 0 Å². The smallest absolute Gasteiger partial charge is 0.358 e. The van der Waals surface area contributed by atoms with Gasteiger partial charge in [-0.2, -0.15) is 0 Å². The van der Waals surface area contributed by atoms with E-state index in [0.29, 0.717) is 12.3 Å². The van der Waals surface area contributed by atoms with Crippen molar-refractivity contribution in [1.82, 2.24) is 9.38 Å². The predicted octanol–water partition coefficient (Wildman–Crippen LogP) is 2.13. The van der Waals surface area contributed by atoms with Crippen LogP contribution in [0.2, 0.25) is 0 Å². The minimum atomic E-state index is -0.372. The topological polar surface area (TPSA) is 43.6 Å². The first-order valence-electron chi connectivity index (χ1n) is 5.25. The van der Waals surface area contributed by atoms with Gasteiger partial charge in [-0.1, -0.05) is 0 Å². The van der Waals surface area contributed by atoms with Crippen LogP contribution in [0, 0.1) is 13.8 Å². The van der Waals surface area contributed by atoms with Crippen LogP contribution in [0.5, 0.6) is 0 Å². The third kappa shape index (κ3) is 1.78. The summed E-state index contributed by atoms with van der Waals surface area (Å²) in [5.41, 5.74) is 3.32. The van der Waals surface area contributed by atoms with Gasteiger partial charge in [-0.3, -0.25) is 0 Å². The molecule has 0 aliphatic rings. The number of carbonyl (C=O) groups is 1. The summed E-state index contributed by atoms with van der Waals surface area (Å²) >= 11 is 0. The Hall–Kier alpha value is -1.84. The SMILES string of the molecule is CCOC(=O)c1cn2c(C)cc(C)cc2n1. The first-order valence-corrected chi connectivity index (χ1v) is 5.25. The van der Waals surface area contributed by atoms with Gasteiger partial charge in [0.15, 0.2) is 5.69 Å². The van der Waals surface area contributed by atoms with Crippen molar-refractivity contribution in [3.05, 3.63) is 35.3 Å². The fourth-order valence-corrected chi connectivity index (χ4v) is 1.73. The summed E-state index contributed by atoms with van der Waals surface area (Å²) < 4.78 is 6.80. The molecule has 0 amide bonds. The van der Waals surface area contributed by atoms with E-state index in [2.05, 4.69) is 4.98 Å². The van der Waals surface area contributed by atoms with E-state index in [0.717, 1.165) is 16.9 Å². The average Bonchev–Trinajstić information content (AvgIpc) is 2.62. The Balaban J connectivity index is 2.51. The normalized spacial score (nSPS) is 10.7. The molecule has 0 N–H and O–H groups in total. The average molecular weight is 218 g/mol. The van der Waals surface area contributed by atoms with Crippen LogP contribution < -0.4 is 0 Å². The van der Waals surface area contributed by atoms with E-state index in [4.69, 9.17) is 4.74 Å². The maximum atomic E-state index is 11.5. The summed E-state index contributed by atoms with van der Waals surface area (Å²) in [4.78, 5) is 15.8. The molecule has 0 atom stereocenters. The second kappa shape index (κ2) is 3.96. The second-order valence-electron chi connectivity index (χ2n) is 3.75. The maximum Gasteiger partial charge on any atom is 0.358 e. The molecule has 0 radical (unpaired) electrons. The van der Waals surface area contributed by atoms with Crippen LogP contribution in [-0.2, 0) is 4.74 Å². The monoisotopic (exact) mass is 218 g/mol. The number of pyridine rings is 1. The second-order valence-corrected chi connectivity index (χ2v) is 3.75. The van der Waals surface area contributed by atoms with E-state index in [1.807, 2.05) is 30.4 Å². The molecule has 84 valence electrons. The highest BCUT2D eigenvalue weighted by atomic mass is 16.5. The minimum absolute atomic E-state index is 0.357. The lowest BCUT2D eigenvalue weighted by Crippen LogP contribution is -2.04. The van der Waals surface area contributed by atoms with Gasteiger partial charge in [0.25, 0.3) is 0 Å². The number of ether oxygens (including phenoxy) is 1. The quantitative estimate of drug-likeness (QED) is 0.725. The van der Waals surface area contributed by atoms with Crippen molar-refractivity contribution < 1.29 is 9.53 Å². The molecule has 4 nitrogen and oxygen atoms in total. The molecular weight excluding hydrogens is 204 g/mol. The van der Waals surface area contributed by atoms with Gasteiger partial charge in [0, 0.05) is 11.9 Å². The molecule has 2 aromatic rings. The molecule has 0 spiro atoms. The summed E-state index contributed by atoms with van der Waals surface area (Å²) in [7, 11) is 0. The summed E-state index contributed by atoms with van der Waals surface area (Å²) in [6.45, 7) is 6.14. The Morgan fingerprint density at radius 1 is 1.44 bits per heavy atom. The van der Waals surface area contributed by atoms with E-state index >= 15 is 0 Å². The van der Waals surface area contributed by atoms with Gasteiger partial charge in [0.1, 0.15) is 5.65 Å². The van der Waals surface area contributed by atoms with Crippen molar-refractivity contribution in [2.75, 3.05) is 6.61 Å². The van der Waals surface area contributed by atoms with Crippen LogP contribution in [0.4, 0.5) is 0 Å². The number of aromatic nitrogens is 2. The van der Waals surface area contributed by atoms with Gasteiger partial charge in [-0.15, -0.1) is 0 Å². The number of aryl methyl sites for hydroxylation is 2. The molecule has 0 unspecified atom stereocenters. The van der Waals surface area contributed by atoms with Gasteiger partial charge in [0.2, 0.25) is 0 Å². The molecule has 0 aliphatic carbocycles. The maximum absolute atomic E-state index is 11.5. The Morgan fingerprint density at radius 2 is 2.19 bits per heavy atom. The predicted molar refractivity (Wildman–Crippen MR) is 60.6 cm³/mol. The van der Waals surface area contributed by atoms with Crippen molar-refractivity contribution in [2.45, 2.75) is 20.8 Å². The van der Waals surface area contributed by atoms with Crippen LogP contribution >= 0.6 is 0 Å². The minimum Gasteiger partial charge on any atom is -0.461 e. The molecule has 0 saturated carbocycles. The van der Waals surface area contributed by atoms with Crippen LogP contribution in [-0.4, -0.2) is 22.0 Å². The standard InChI is InChI=1S/C12H14N2O2/c1-4-16-12(15)10-7-14-9(3)5-8(2)6-11(14)13-10/h5-7H,4H2,1-3H3. The largest absolute Gasteiger partial charge is 0.461 e. The third-order valence-electron chi connectivity index (χ3n) is 2.39. The number of carbonyl (C=O) groups excluding carboxylic acids is 1. The molecular formula is C12H14N2O2. The van der Waals surface area contributed by atoms with Crippen molar-refractivity contribution >= 4 is 11.6 Å². The number of fused-ring (bicyclic) bond motifs is 1. The fourth-order valence-electron chi connectivity index (χ4n) is 1.73. The van der Waals surface area contributed by atoms with Crippen molar-refractivity contribution in [3.63, 3.8) is 0 Å². The number of rotatable bonds is 2. The first-order chi connectivity index (χ1) is 7.61. The number of imidazole rings is 1. The van der Waals surface area contributed by atoms with Crippen LogP contribution in [0.1, 0.15) is 28.7 Å². The molecule has 4 heteroatoms. The Kier molecular flexibility index (Phi) is 2.64. The number of esters is 1. The summed E-state index contributed by atoms with van der Waals surface area (Å²) in [5, 5.41) is 0. The van der Waals surface area contributed by atoms with E-state index in [9.17, 15) is 4.79 Å². The summed E-state index contributed by atoms with van der Waals surface area (Å²) in [6, 6.07) is 3.99. The Morgan fingerprint density at radius 3 is 2.88 bits per heavy atom. The molecule has 16 heavy (non-hydrogen) atoms. The van der Waals surface area contributed by atoms with E-state index in [1.165, 1.54) is 0 Å². The van der Waals surface area contributed by atoms with E-state index in [1.54, 1.807) is 13.1 Å². The lowest BCUT2D eigenvalue weighted by atomic mass is 10.2. The van der Waals surface area contributed by atoms with Gasteiger partial charge in [-0.05, 0) is 38.5 Å². The first kappa shape index (κ1) is 10.7. The molecule has 0 aromatic carbocycles. The van der Waals surface area contributed by atoms with Gasteiger partial charge in [-0.25, -0.2) is 9.78 Å². The summed E-state index contributed by atoms with van der Waals surface area (Å²) in [6.07, 6.45) is 1.71. The lowest BCUT2D eigenvalue weighted by Gasteiger charge is -1.99. The van der Waals surface area contributed by atoms with Gasteiger partial charge < -0.3 is 9.14 Å². The zero-order valence-corrected chi connectivity index (χ0v) is 9.65. The highest BCUT2D eigenvalue weighted by Crippen LogP contribution is 2.12. The molecule has 2 heterocycles. The van der Waals surface area contributed by atoms with E-state index in [-0.39, 0.29) is 5.97 Å². The highest BCUT2D eigenvalue weighted by Gasteiger charge is 2.12. The number of hydrogen-bond acceptors (Lipinski definition) is 3. The van der Waals surface area contributed by atoms with Crippen molar-refractivity contribution in [3.8, 4) is 0 Å². The van der Waals surface area contributed by atoms with Crippen LogP contribution in [0.25, 0.3) is 5.65 Å². The zero-order chi connectivity index (χ0) is 11.7. The lowest BCUT2D eigenvalue weighted by molar-refractivity contribution is 0.0520. The molecule has 0 bridgehead atoms. The van der Waals surface area contributed by atoms with Crippen LogP contribution in [0.3, 0.4) is 0 Å². The Bertz CT molecular complexity index is 543. The highest BCUT2D eigenvalue weighted by molar-refractivity contribution is 5.88. The fraction of sp³-hybridized carbons (Fsp3) is 0.333. The summed E-state index contributed by atoms with van der Waals surface area (Å²) in [5.74, 6) is -0.372. The van der Waals surface area contributed by atoms with Crippen molar-refractivity contribution in [1.29, 1.82) is 0 Å². The third-order valence-corrected chi connectivity index (χ3v) is 2.39. The zero-order valence-electron chi connectivity index (χ0n) is 9.65.